The van der Waals surface area contributed by atoms with E-state index >= 15 is 0 Å². The average Bonchev–Trinajstić information content (AvgIpc) is 2.39. The number of aromatic hydroxyl groups is 1. The summed E-state index contributed by atoms with van der Waals surface area (Å²) < 4.78 is 13.0. The summed E-state index contributed by atoms with van der Waals surface area (Å²) in [6.07, 6.45) is 0. The highest BCUT2D eigenvalue weighted by atomic mass is 19.1. The fourth-order valence-corrected chi connectivity index (χ4v) is 1.67. The van der Waals surface area contributed by atoms with Crippen LogP contribution in [0.1, 0.15) is 15.9 Å². The molecule has 5 heteroatoms. The summed E-state index contributed by atoms with van der Waals surface area (Å²) in [5.74, 6) is -0.814. The predicted octanol–water partition coefficient (Wildman–Crippen LogP) is 2.04. The van der Waals surface area contributed by atoms with E-state index in [1.807, 2.05) is 0 Å². The second-order valence-electron chi connectivity index (χ2n) is 4.08. The maximum atomic E-state index is 13.0. The lowest BCUT2D eigenvalue weighted by Gasteiger charge is -2.08. The van der Waals surface area contributed by atoms with Crippen LogP contribution in [0.4, 0.5) is 10.1 Å². The zero-order valence-corrected chi connectivity index (χ0v) is 10.1. The van der Waals surface area contributed by atoms with Crippen molar-refractivity contribution < 1.29 is 14.3 Å². The minimum atomic E-state index is -0.419. The van der Waals surface area contributed by atoms with Crippen LogP contribution in [0, 0.1) is 5.82 Å². The van der Waals surface area contributed by atoms with Crippen molar-refractivity contribution in [1.29, 1.82) is 0 Å². The van der Waals surface area contributed by atoms with Crippen LogP contribution in [0.3, 0.4) is 0 Å². The molecular formula is C14H13FN2O2. The van der Waals surface area contributed by atoms with Crippen LogP contribution in [0.2, 0.25) is 0 Å². The van der Waals surface area contributed by atoms with Crippen molar-refractivity contribution in [2.75, 3.05) is 5.73 Å². The third-order valence-corrected chi connectivity index (χ3v) is 2.62. The summed E-state index contributed by atoms with van der Waals surface area (Å²) in [4.78, 5) is 11.9. The van der Waals surface area contributed by atoms with Crippen LogP contribution in [0.5, 0.6) is 5.75 Å². The normalized spacial score (nSPS) is 10.2. The monoisotopic (exact) mass is 260 g/mol. The third-order valence-electron chi connectivity index (χ3n) is 2.62. The highest BCUT2D eigenvalue weighted by Gasteiger charge is 2.10. The van der Waals surface area contributed by atoms with Gasteiger partial charge < -0.3 is 16.2 Å². The molecule has 0 saturated heterocycles. The minimum absolute atomic E-state index is 0.0369. The Bertz CT molecular complexity index is 614. The number of halogens is 1. The zero-order valence-electron chi connectivity index (χ0n) is 10.1. The van der Waals surface area contributed by atoms with Crippen LogP contribution >= 0.6 is 0 Å². The minimum Gasteiger partial charge on any atom is -0.508 e. The van der Waals surface area contributed by atoms with Gasteiger partial charge in [0, 0.05) is 12.2 Å². The molecule has 0 aliphatic heterocycles. The number of amides is 1. The summed E-state index contributed by atoms with van der Waals surface area (Å²) in [6.45, 7) is 0.186. The van der Waals surface area contributed by atoms with E-state index in [0.29, 0.717) is 5.56 Å². The number of carbonyl (C=O) groups excluding carboxylic acids is 1. The van der Waals surface area contributed by atoms with Gasteiger partial charge in [0.05, 0.1) is 5.56 Å². The van der Waals surface area contributed by atoms with Crippen molar-refractivity contribution in [3.05, 3.63) is 59.4 Å². The van der Waals surface area contributed by atoms with E-state index in [0.717, 1.165) is 0 Å². The molecular weight excluding hydrogens is 247 g/mol. The number of nitrogens with two attached hydrogens (primary N) is 1. The van der Waals surface area contributed by atoms with Gasteiger partial charge in [0.2, 0.25) is 0 Å². The molecule has 0 radical (unpaired) electrons. The van der Waals surface area contributed by atoms with Crippen LogP contribution < -0.4 is 11.1 Å². The van der Waals surface area contributed by atoms with Crippen molar-refractivity contribution in [3.8, 4) is 5.75 Å². The first-order chi connectivity index (χ1) is 9.06. The second kappa shape index (κ2) is 5.39. The lowest BCUT2D eigenvalue weighted by Crippen LogP contribution is -2.23. The number of nitrogen functional groups attached to an aromatic ring is 1. The van der Waals surface area contributed by atoms with Gasteiger partial charge in [0.15, 0.2) is 0 Å². The largest absolute Gasteiger partial charge is 0.508 e. The fraction of sp³-hybridized carbons (Fsp3) is 0.0714. The smallest absolute Gasteiger partial charge is 0.253 e. The first-order valence-corrected chi connectivity index (χ1v) is 5.67. The molecule has 2 aromatic carbocycles. The summed E-state index contributed by atoms with van der Waals surface area (Å²) in [6, 6.07) is 10.1. The summed E-state index contributed by atoms with van der Waals surface area (Å²) in [7, 11) is 0. The zero-order chi connectivity index (χ0) is 13.8. The molecule has 0 aliphatic carbocycles. The Kier molecular flexibility index (Phi) is 3.66. The van der Waals surface area contributed by atoms with Gasteiger partial charge in [-0.1, -0.05) is 12.1 Å². The van der Waals surface area contributed by atoms with Crippen LogP contribution in [0.15, 0.2) is 42.5 Å². The molecule has 2 rings (SSSR count). The Labute approximate surface area is 109 Å². The quantitative estimate of drug-likeness (QED) is 0.584. The second-order valence-corrected chi connectivity index (χ2v) is 4.08. The van der Waals surface area contributed by atoms with E-state index < -0.39 is 5.91 Å². The van der Waals surface area contributed by atoms with Crippen LogP contribution in [-0.4, -0.2) is 11.0 Å². The first kappa shape index (κ1) is 12.9. The Balaban J connectivity index is 2.07. The summed E-state index contributed by atoms with van der Waals surface area (Å²) in [5.41, 5.74) is 6.76. The number of phenolic OH excluding ortho intramolecular Hbond substituents is 1. The van der Waals surface area contributed by atoms with Crippen molar-refractivity contribution in [1.82, 2.24) is 5.32 Å². The number of anilines is 1. The highest BCUT2D eigenvalue weighted by Crippen LogP contribution is 2.18. The maximum Gasteiger partial charge on any atom is 0.253 e. The topological polar surface area (TPSA) is 75.3 Å². The number of hydrogen-bond acceptors (Lipinski definition) is 3. The lowest BCUT2D eigenvalue weighted by molar-refractivity contribution is 0.0951. The summed E-state index contributed by atoms with van der Waals surface area (Å²) in [5, 5.41) is 11.9. The molecule has 4 N–H and O–H groups in total. The van der Waals surface area contributed by atoms with Crippen molar-refractivity contribution in [2.24, 2.45) is 0 Å². The van der Waals surface area contributed by atoms with Gasteiger partial charge in [-0.25, -0.2) is 4.39 Å². The molecule has 0 spiro atoms. The molecule has 0 fully saturated rings. The van der Waals surface area contributed by atoms with E-state index in [2.05, 4.69) is 5.32 Å². The Morgan fingerprint density at radius 2 is 2.05 bits per heavy atom. The number of carbonyl (C=O) groups is 1. The molecule has 0 aliphatic rings. The van der Waals surface area contributed by atoms with Crippen LogP contribution in [0.25, 0.3) is 0 Å². The molecule has 0 bridgehead atoms. The van der Waals surface area contributed by atoms with E-state index in [-0.39, 0.29) is 29.4 Å². The molecule has 0 saturated carbocycles. The molecule has 0 unspecified atom stereocenters. The molecule has 0 aromatic heterocycles. The van der Waals surface area contributed by atoms with E-state index in [1.54, 1.807) is 12.1 Å². The average molecular weight is 260 g/mol. The Morgan fingerprint density at radius 3 is 2.79 bits per heavy atom. The van der Waals surface area contributed by atoms with Gasteiger partial charge in [0.1, 0.15) is 11.6 Å². The number of rotatable bonds is 3. The van der Waals surface area contributed by atoms with Gasteiger partial charge in [0.25, 0.3) is 5.91 Å². The van der Waals surface area contributed by atoms with Gasteiger partial charge in [-0.15, -0.1) is 0 Å². The van der Waals surface area contributed by atoms with E-state index in [1.165, 1.54) is 30.3 Å². The molecule has 2 aromatic rings. The van der Waals surface area contributed by atoms with Crippen molar-refractivity contribution >= 4 is 11.6 Å². The summed E-state index contributed by atoms with van der Waals surface area (Å²) >= 11 is 0. The maximum absolute atomic E-state index is 13.0. The van der Waals surface area contributed by atoms with Gasteiger partial charge in [-0.05, 0) is 35.9 Å². The molecule has 0 heterocycles. The van der Waals surface area contributed by atoms with Gasteiger partial charge >= 0.3 is 0 Å². The van der Waals surface area contributed by atoms with Gasteiger partial charge in [-0.3, -0.25) is 4.79 Å². The number of benzene rings is 2. The Morgan fingerprint density at radius 1 is 1.26 bits per heavy atom. The molecule has 19 heavy (non-hydrogen) atoms. The molecule has 0 atom stereocenters. The van der Waals surface area contributed by atoms with Crippen LogP contribution in [-0.2, 0) is 6.54 Å². The molecule has 1 amide bonds. The van der Waals surface area contributed by atoms with Crippen molar-refractivity contribution in [2.45, 2.75) is 6.54 Å². The molecule has 98 valence electrons. The fourth-order valence-electron chi connectivity index (χ4n) is 1.67. The van der Waals surface area contributed by atoms with E-state index in [4.69, 9.17) is 5.73 Å². The Hall–Kier alpha value is -2.56. The third kappa shape index (κ3) is 3.22. The highest BCUT2D eigenvalue weighted by molar-refractivity contribution is 5.99. The number of hydrogen-bond donors (Lipinski definition) is 3. The predicted molar refractivity (Wildman–Crippen MR) is 70.1 cm³/mol. The number of nitrogens with one attached hydrogen (secondary N) is 1. The van der Waals surface area contributed by atoms with Crippen molar-refractivity contribution in [3.63, 3.8) is 0 Å². The van der Waals surface area contributed by atoms with E-state index in [9.17, 15) is 14.3 Å². The standard InChI is InChI=1S/C14H13FN2O2/c15-10-3-1-2-9(6-10)8-17-14(19)12-7-11(18)4-5-13(12)16/h1-7,18H,8,16H2,(H,17,19). The lowest BCUT2D eigenvalue weighted by atomic mass is 10.1. The first-order valence-electron chi connectivity index (χ1n) is 5.67. The number of phenols is 1. The molecule has 4 nitrogen and oxygen atoms in total. The SMILES string of the molecule is Nc1ccc(O)cc1C(=O)NCc1cccc(F)c1. The van der Waals surface area contributed by atoms with Gasteiger partial charge in [-0.2, -0.15) is 0 Å².